The second-order valence-corrected chi connectivity index (χ2v) is 6.82. The molecule has 0 aliphatic rings. The van der Waals surface area contributed by atoms with E-state index >= 15 is 0 Å². The van der Waals surface area contributed by atoms with E-state index in [0.29, 0.717) is 18.8 Å². The van der Waals surface area contributed by atoms with Gasteiger partial charge in [-0.2, -0.15) is 4.72 Å². The largest absolute Gasteiger partial charge is 0.494 e. The van der Waals surface area contributed by atoms with Crippen LogP contribution in [0.25, 0.3) is 0 Å². The van der Waals surface area contributed by atoms with Gasteiger partial charge < -0.3 is 9.84 Å². The molecule has 0 spiro atoms. The lowest BCUT2D eigenvalue weighted by molar-refractivity contribution is -0.140. The summed E-state index contributed by atoms with van der Waals surface area (Å²) >= 11 is 0. The van der Waals surface area contributed by atoms with Gasteiger partial charge in [0.1, 0.15) is 11.8 Å². The van der Waals surface area contributed by atoms with Crippen molar-refractivity contribution in [2.75, 3.05) is 6.61 Å². The van der Waals surface area contributed by atoms with Crippen LogP contribution in [0.15, 0.2) is 29.2 Å². The Kier molecular flexibility index (Phi) is 6.83. The summed E-state index contributed by atoms with van der Waals surface area (Å²) in [7, 11) is -3.89. The fourth-order valence-electron chi connectivity index (χ4n) is 2.15. The lowest BCUT2D eigenvalue weighted by Gasteiger charge is -2.21. The maximum Gasteiger partial charge on any atom is 0.322 e. The standard InChI is InChI=1S/C15H23NO5S/c1-4-6-11(3)14(15(17)18)16-22(19,20)13-9-7-12(8-10-13)21-5-2/h7-11,14,16H,4-6H2,1-3H3,(H,17,18). The molecular weight excluding hydrogens is 306 g/mol. The highest BCUT2D eigenvalue weighted by Crippen LogP contribution is 2.18. The molecule has 0 saturated carbocycles. The van der Waals surface area contributed by atoms with Crippen molar-refractivity contribution in [1.82, 2.24) is 4.72 Å². The van der Waals surface area contributed by atoms with Crippen LogP contribution in [0.2, 0.25) is 0 Å². The van der Waals surface area contributed by atoms with E-state index in [-0.39, 0.29) is 10.8 Å². The molecule has 2 N–H and O–H groups in total. The quantitative estimate of drug-likeness (QED) is 0.725. The Hall–Kier alpha value is -1.60. The molecule has 1 rings (SSSR count). The molecule has 0 saturated heterocycles. The first-order chi connectivity index (χ1) is 10.3. The molecule has 0 aliphatic carbocycles. The highest BCUT2D eigenvalue weighted by Gasteiger charge is 2.29. The second-order valence-electron chi connectivity index (χ2n) is 5.11. The molecule has 0 radical (unpaired) electrons. The molecule has 7 heteroatoms. The molecule has 0 bridgehead atoms. The average molecular weight is 329 g/mol. The van der Waals surface area contributed by atoms with Crippen molar-refractivity contribution < 1.29 is 23.1 Å². The number of hydrogen-bond donors (Lipinski definition) is 2. The Morgan fingerprint density at radius 2 is 1.86 bits per heavy atom. The van der Waals surface area contributed by atoms with Gasteiger partial charge in [0.05, 0.1) is 11.5 Å². The minimum absolute atomic E-state index is 0.0194. The number of hydrogen-bond acceptors (Lipinski definition) is 4. The van der Waals surface area contributed by atoms with Crippen LogP contribution in [0, 0.1) is 5.92 Å². The third-order valence-corrected chi connectivity index (χ3v) is 4.76. The van der Waals surface area contributed by atoms with Gasteiger partial charge in [-0.05, 0) is 43.5 Å². The minimum Gasteiger partial charge on any atom is -0.494 e. The summed E-state index contributed by atoms with van der Waals surface area (Å²) in [4.78, 5) is 11.3. The SMILES string of the molecule is CCCC(C)C(NS(=O)(=O)c1ccc(OCC)cc1)C(=O)O. The molecule has 1 aromatic rings. The number of aliphatic carboxylic acids is 1. The van der Waals surface area contributed by atoms with Crippen molar-refractivity contribution in [2.24, 2.45) is 5.92 Å². The predicted octanol–water partition coefficient (Wildman–Crippen LogP) is 2.25. The van der Waals surface area contributed by atoms with Crippen molar-refractivity contribution in [3.8, 4) is 5.75 Å². The number of carbonyl (C=O) groups is 1. The molecule has 0 heterocycles. The van der Waals surface area contributed by atoms with Crippen LogP contribution in [-0.2, 0) is 14.8 Å². The number of carboxylic acids is 1. The number of carboxylic acid groups (broad SMARTS) is 1. The van der Waals surface area contributed by atoms with E-state index in [1.807, 2.05) is 13.8 Å². The number of benzene rings is 1. The summed E-state index contributed by atoms with van der Waals surface area (Å²) in [5.41, 5.74) is 0. The summed E-state index contributed by atoms with van der Waals surface area (Å²) in [5.74, 6) is -0.897. The maximum absolute atomic E-state index is 12.3. The topological polar surface area (TPSA) is 92.7 Å². The van der Waals surface area contributed by atoms with E-state index in [4.69, 9.17) is 4.74 Å². The van der Waals surface area contributed by atoms with Crippen LogP contribution in [0.1, 0.15) is 33.6 Å². The lowest BCUT2D eigenvalue weighted by Crippen LogP contribution is -2.45. The monoisotopic (exact) mass is 329 g/mol. The van der Waals surface area contributed by atoms with E-state index in [9.17, 15) is 18.3 Å². The summed E-state index contributed by atoms with van der Waals surface area (Å²) < 4.78 is 32.1. The third kappa shape index (κ3) is 4.99. The van der Waals surface area contributed by atoms with Crippen LogP contribution in [0.4, 0.5) is 0 Å². The van der Waals surface area contributed by atoms with Crippen LogP contribution in [-0.4, -0.2) is 32.1 Å². The fourth-order valence-corrected chi connectivity index (χ4v) is 3.45. The van der Waals surface area contributed by atoms with Crippen molar-refractivity contribution in [3.05, 3.63) is 24.3 Å². The molecule has 2 unspecified atom stereocenters. The van der Waals surface area contributed by atoms with E-state index in [1.165, 1.54) is 12.1 Å². The van der Waals surface area contributed by atoms with Crippen molar-refractivity contribution in [3.63, 3.8) is 0 Å². The maximum atomic E-state index is 12.3. The molecule has 0 fully saturated rings. The van der Waals surface area contributed by atoms with Crippen molar-refractivity contribution in [1.29, 1.82) is 0 Å². The smallest absolute Gasteiger partial charge is 0.322 e. The Bertz CT molecular complexity index is 582. The Morgan fingerprint density at radius 1 is 1.27 bits per heavy atom. The van der Waals surface area contributed by atoms with E-state index in [0.717, 1.165) is 6.42 Å². The summed E-state index contributed by atoms with van der Waals surface area (Å²) in [6.07, 6.45) is 1.42. The summed E-state index contributed by atoms with van der Waals surface area (Å²) in [6.45, 7) is 5.97. The highest BCUT2D eigenvalue weighted by molar-refractivity contribution is 7.89. The zero-order valence-corrected chi connectivity index (χ0v) is 13.9. The molecule has 0 amide bonds. The first kappa shape index (κ1) is 18.4. The zero-order valence-electron chi connectivity index (χ0n) is 13.1. The summed E-state index contributed by atoms with van der Waals surface area (Å²) in [6, 6.07) is 4.75. The zero-order chi connectivity index (χ0) is 16.8. The lowest BCUT2D eigenvalue weighted by atomic mass is 9.98. The Morgan fingerprint density at radius 3 is 2.32 bits per heavy atom. The minimum atomic E-state index is -3.89. The van der Waals surface area contributed by atoms with Crippen molar-refractivity contribution >= 4 is 16.0 Å². The highest BCUT2D eigenvalue weighted by atomic mass is 32.2. The van der Waals surface area contributed by atoms with Gasteiger partial charge in [-0.15, -0.1) is 0 Å². The van der Waals surface area contributed by atoms with Gasteiger partial charge in [0.2, 0.25) is 10.0 Å². The van der Waals surface area contributed by atoms with Gasteiger partial charge >= 0.3 is 5.97 Å². The molecule has 6 nitrogen and oxygen atoms in total. The van der Waals surface area contributed by atoms with Gasteiger partial charge in [-0.1, -0.05) is 20.3 Å². The first-order valence-corrected chi connectivity index (χ1v) is 8.78. The van der Waals surface area contributed by atoms with Crippen LogP contribution in [0.5, 0.6) is 5.75 Å². The van der Waals surface area contributed by atoms with Gasteiger partial charge in [0.15, 0.2) is 0 Å². The van der Waals surface area contributed by atoms with E-state index in [2.05, 4.69) is 4.72 Å². The molecular formula is C15H23NO5S. The van der Waals surface area contributed by atoms with E-state index < -0.39 is 22.0 Å². The predicted molar refractivity (Wildman–Crippen MR) is 83.4 cm³/mol. The van der Waals surface area contributed by atoms with Gasteiger partial charge in [-0.3, -0.25) is 4.79 Å². The molecule has 2 atom stereocenters. The van der Waals surface area contributed by atoms with Crippen molar-refractivity contribution in [2.45, 2.75) is 44.6 Å². The number of rotatable bonds is 9. The molecule has 0 aromatic heterocycles. The molecule has 0 aliphatic heterocycles. The average Bonchev–Trinajstić information content (AvgIpc) is 2.45. The molecule has 124 valence electrons. The van der Waals surface area contributed by atoms with Gasteiger partial charge in [-0.25, -0.2) is 8.42 Å². The molecule has 22 heavy (non-hydrogen) atoms. The normalized spacial score (nSPS) is 14.3. The second kappa shape index (κ2) is 8.14. The Labute approximate surface area is 131 Å². The third-order valence-electron chi connectivity index (χ3n) is 3.31. The van der Waals surface area contributed by atoms with E-state index in [1.54, 1.807) is 19.1 Å². The van der Waals surface area contributed by atoms with Crippen LogP contribution < -0.4 is 9.46 Å². The molecule has 1 aromatic carbocycles. The van der Waals surface area contributed by atoms with Gasteiger partial charge in [0.25, 0.3) is 0 Å². The van der Waals surface area contributed by atoms with Crippen LogP contribution >= 0.6 is 0 Å². The Balaban J connectivity index is 2.94. The fraction of sp³-hybridized carbons (Fsp3) is 0.533. The summed E-state index contributed by atoms with van der Waals surface area (Å²) in [5, 5.41) is 9.25. The number of sulfonamides is 1. The number of ether oxygens (including phenoxy) is 1. The van der Waals surface area contributed by atoms with Gasteiger partial charge in [0, 0.05) is 0 Å². The first-order valence-electron chi connectivity index (χ1n) is 7.29. The number of nitrogens with one attached hydrogen (secondary N) is 1. The van der Waals surface area contributed by atoms with Crippen LogP contribution in [0.3, 0.4) is 0 Å².